The molecule has 9 rings (SSSR count). The number of morpholine rings is 1. The van der Waals surface area contributed by atoms with E-state index in [1.54, 1.807) is 41.5 Å². The highest BCUT2D eigenvalue weighted by atomic mass is 79.9. The van der Waals surface area contributed by atoms with Crippen molar-refractivity contribution < 1.29 is 42.9 Å². The molecule has 0 unspecified atom stereocenters. The first-order chi connectivity index (χ1) is 35.5. The van der Waals surface area contributed by atoms with Crippen LogP contribution in [0.5, 0.6) is 0 Å². The van der Waals surface area contributed by atoms with Gasteiger partial charge >= 0.3 is 24.2 Å². The number of hydrogen-bond donors (Lipinski definition) is 0. The number of aryl methyl sites for hydroxylation is 1. The molecule has 4 aliphatic rings. The Kier molecular flexibility index (Phi) is 15.3. The molecule has 3 amide bonds. The van der Waals surface area contributed by atoms with E-state index < -0.39 is 40.8 Å². The van der Waals surface area contributed by atoms with Gasteiger partial charge in [0.25, 0.3) is 0 Å². The van der Waals surface area contributed by atoms with E-state index in [4.69, 9.17) is 28.7 Å². The summed E-state index contributed by atoms with van der Waals surface area (Å²) in [5.74, 6) is -0.438. The molecule has 0 spiro atoms. The summed E-state index contributed by atoms with van der Waals surface area (Å²) < 4.78 is 33.4. The van der Waals surface area contributed by atoms with Gasteiger partial charge in [-0.1, -0.05) is 92.2 Å². The Morgan fingerprint density at radius 1 is 0.787 bits per heavy atom. The van der Waals surface area contributed by atoms with Crippen molar-refractivity contribution in [1.29, 1.82) is 0 Å². The highest BCUT2D eigenvalue weighted by Gasteiger charge is 2.46. The van der Waals surface area contributed by atoms with Crippen molar-refractivity contribution in [2.45, 2.75) is 162 Å². The molecule has 0 saturated carbocycles. The molecule has 3 aromatic carbocycles. The highest BCUT2D eigenvalue weighted by molar-refractivity contribution is 9.10. The van der Waals surface area contributed by atoms with E-state index in [0.717, 1.165) is 48.5 Å². The number of halogens is 1. The smallest absolute Gasteiger partial charge is 0.430 e. The minimum Gasteiger partial charge on any atom is -0.464 e. The van der Waals surface area contributed by atoms with Crippen LogP contribution in [0.1, 0.15) is 148 Å². The molecule has 3 fully saturated rings. The van der Waals surface area contributed by atoms with E-state index in [1.807, 2.05) is 11.1 Å². The van der Waals surface area contributed by atoms with Crippen LogP contribution in [0.3, 0.4) is 0 Å². The molecule has 75 heavy (non-hydrogen) atoms. The first kappa shape index (κ1) is 53.9. The number of fused-ring (bicyclic) bond motifs is 6. The van der Waals surface area contributed by atoms with Gasteiger partial charge in [-0.05, 0) is 150 Å². The number of piperidine rings is 1. The van der Waals surface area contributed by atoms with Crippen LogP contribution in [0.2, 0.25) is 0 Å². The van der Waals surface area contributed by atoms with Crippen LogP contribution in [0, 0.1) is 5.41 Å². The molecule has 400 valence electrons. The lowest BCUT2D eigenvalue weighted by Crippen LogP contribution is -2.61. The second kappa shape index (κ2) is 21.2. The molecule has 0 radical (unpaired) electrons. The maximum absolute atomic E-state index is 14.3. The molecule has 4 atom stereocenters. The summed E-state index contributed by atoms with van der Waals surface area (Å²) in [5.41, 5.74) is 8.84. The molecule has 2 bridgehead atoms. The van der Waals surface area contributed by atoms with Crippen molar-refractivity contribution in [3.8, 4) is 22.4 Å². The van der Waals surface area contributed by atoms with Gasteiger partial charge < -0.3 is 28.3 Å². The second-order valence-electron chi connectivity index (χ2n) is 23.8. The third-order valence-electron chi connectivity index (χ3n) is 14.8. The minimum atomic E-state index is -1.11. The van der Waals surface area contributed by atoms with Gasteiger partial charge in [-0.2, -0.15) is 5.01 Å². The predicted molar refractivity (Wildman–Crippen MR) is 292 cm³/mol. The van der Waals surface area contributed by atoms with Crippen LogP contribution >= 0.6 is 15.9 Å². The number of esters is 1. The number of carbonyl (C=O) groups excluding carboxylic acids is 4. The minimum absolute atomic E-state index is 0.0266. The lowest BCUT2D eigenvalue weighted by molar-refractivity contribution is -0.164. The fraction of sp³-hybridized carbons (Fsp3) is 0.517. The molecule has 15 heteroatoms. The van der Waals surface area contributed by atoms with Gasteiger partial charge in [0.2, 0.25) is 0 Å². The summed E-state index contributed by atoms with van der Waals surface area (Å²) in [6, 6.07) is 24.1. The fourth-order valence-corrected chi connectivity index (χ4v) is 12.1. The van der Waals surface area contributed by atoms with Crippen molar-refractivity contribution in [2.75, 3.05) is 33.0 Å². The van der Waals surface area contributed by atoms with Crippen LogP contribution in [-0.2, 0) is 41.4 Å². The number of pyridine rings is 1. The van der Waals surface area contributed by atoms with E-state index in [0.29, 0.717) is 45.4 Å². The summed E-state index contributed by atoms with van der Waals surface area (Å²) >= 11 is 3.78. The monoisotopic (exact) mass is 1090 g/mol. The van der Waals surface area contributed by atoms with Crippen molar-refractivity contribution in [1.82, 2.24) is 24.5 Å². The number of rotatable bonds is 11. The van der Waals surface area contributed by atoms with Crippen molar-refractivity contribution in [3.05, 3.63) is 111 Å². The third kappa shape index (κ3) is 11.3. The van der Waals surface area contributed by atoms with E-state index in [-0.39, 0.29) is 62.1 Å². The molecule has 5 aromatic rings. The quantitative estimate of drug-likeness (QED) is 0.0927. The second-order valence-corrected chi connectivity index (χ2v) is 24.8. The van der Waals surface area contributed by atoms with E-state index in [9.17, 15) is 19.2 Å². The summed E-state index contributed by atoms with van der Waals surface area (Å²) in [6.07, 6.45) is 2.86. The zero-order chi connectivity index (χ0) is 53.7. The number of nitrogens with zero attached hydrogens (tertiary/aromatic N) is 5. The number of hydrogen-bond acceptors (Lipinski definition) is 10. The van der Waals surface area contributed by atoms with Crippen LogP contribution in [0.25, 0.3) is 33.3 Å². The molecular weight excluding hydrogens is 1010 g/mol. The Balaban J connectivity index is 0.977. The first-order valence-corrected chi connectivity index (χ1v) is 27.5. The Labute approximate surface area is 450 Å². The summed E-state index contributed by atoms with van der Waals surface area (Å²) in [6.45, 7) is 23.2. The molecule has 2 aromatic heterocycles. The highest BCUT2D eigenvalue weighted by Crippen LogP contribution is 2.47. The van der Waals surface area contributed by atoms with Crippen LogP contribution in [0.15, 0.2) is 83.5 Å². The van der Waals surface area contributed by atoms with Gasteiger partial charge in [0.1, 0.15) is 17.8 Å². The van der Waals surface area contributed by atoms with E-state index in [1.165, 1.54) is 27.3 Å². The first-order valence-electron chi connectivity index (χ1n) is 26.7. The lowest BCUT2D eigenvalue weighted by atomic mass is 9.80. The summed E-state index contributed by atoms with van der Waals surface area (Å²) in [7, 11) is 0. The van der Waals surface area contributed by atoms with Gasteiger partial charge in [-0.3, -0.25) is 9.88 Å². The zero-order valence-corrected chi connectivity index (χ0v) is 47.1. The molecule has 5 heterocycles. The zero-order valence-electron chi connectivity index (χ0n) is 45.5. The van der Waals surface area contributed by atoms with Gasteiger partial charge in [-0.25, -0.2) is 24.2 Å². The molecule has 14 nitrogen and oxygen atoms in total. The number of benzene rings is 3. The maximum atomic E-state index is 14.3. The SMILES string of the molecule is CCn1c(-c2cc([C@@H]3C[C@H]4COC[C@@H](C3)N4C(=O)OCC3c4ccccc4-c4ccccc43)cnc2C(C)C)c(CC(C)(C)COC(=O)[C@@H]2CCCN(C(=O)OC(C)(C)C)N2C(=O)OC(C)(C)C)c2cc(Br)ccc21. The van der Waals surface area contributed by atoms with E-state index in [2.05, 4.69) is 128 Å². The van der Waals surface area contributed by atoms with Crippen LogP contribution < -0.4 is 0 Å². The molecule has 3 saturated heterocycles. The molecule has 0 N–H and O–H groups in total. The number of aromatic nitrogens is 2. The average molecular weight is 1090 g/mol. The fourth-order valence-electron chi connectivity index (χ4n) is 11.7. The predicted octanol–water partition coefficient (Wildman–Crippen LogP) is 13.2. The Bertz CT molecular complexity index is 2910. The topological polar surface area (TPSA) is 142 Å². The average Bonchev–Trinajstić information content (AvgIpc) is 3.85. The largest absolute Gasteiger partial charge is 0.464 e. The normalized spacial score (nSPS) is 20.0. The van der Waals surface area contributed by atoms with Crippen molar-refractivity contribution >= 4 is 51.1 Å². The molecule has 3 aliphatic heterocycles. The van der Waals surface area contributed by atoms with Gasteiger partial charge in [0, 0.05) is 51.6 Å². The van der Waals surface area contributed by atoms with Gasteiger partial charge in [0.05, 0.1) is 43.3 Å². The Morgan fingerprint density at radius 3 is 2.03 bits per heavy atom. The van der Waals surface area contributed by atoms with Crippen molar-refractivity contribution in [2.24, 2.45) is 5.41 Å². The number of hydrazine groups is 1. The maximum Gasteiger partial charge on any atom is 0.430 e. The molecule has 1 aliphatic carbocycles. The lowest BCUT2D eigenvalue weighted by Gasteiger charge is -2.47. The van der Waals surface area contributed by atoms with Gasteiger partial charge in [0.15, 0.2) is 6.04 Å². The molecular formula is C60H74BrN5O9. The number of carbonyl (C=O) groups is 4. The summed E-state index contributed by atoms with van der Waals surface area (Å²) in [4.78, 5) is 63.1. The van der Waals surface area contributed by atoms with Crippen LogP contribution in [-0.4, -0.2) is 111 Å². The Hall–Kier alpha value is -5.93. The van der Waals surface area contributed by atoms with Crippen molar-refractivity contribution in [3.63, 3.8) is 0 Å². The van der Waals surface area contributed by atoms with Crippen LogP contribution in [0.4, 0.5) is 14.4 Å². The Morgan fingerprint density at radius 2 is 1.41 bits per heavy atom. The summed E-state index contributed by atoms with van der Waals surface area (Å²) in [5, 5.41) is 3.34. The van der Waals surface area contributed by atoms with Gasteiger partial charge in [-0.15, -0.1) is 0 Å². The number of amides is 3. The van der Waals surface area contributed by atoms with E-state index >= 15 is 0 Å². The third-order valence-corrected chi connectivity index (χ3v) is 15.3. The standard InChI is InChI=1S/C60H74BrN5O9/c1-12-63-50-24-23-39(61)29-46(50)48(30-60(10,11)35-73-54(67)51-22-17-25-64(55(68)74-58(4,5)6)66(51)57(70)75-59(7,8)9)53(63)47-28-38(31-62-52(47)36(2)3)37-26-40-32-71-33-41(27-37)65(40)56(69)72-34-49-44-20-15-13-18-42(44)43-19-14-16-21-45(43)49/h13-16,18-21,23-24,28-29,31,36-37,40-41,49,51H,12,17,22,25-27,30,32-35H2,1-11H3/t37-,40+,41-,51-/m0/s1. The number of ether oxygens (including phenoxy) is 5.